The molecule has 0 fully saturated rings. The van der Waals surface area contributed by atoms with Gasteiger partial charge in [-0.3, -0.25) is 0 Å². The van der Waals surface area contributed by atoms with Crippen molar-refractivity contribution in [2.45, 2.75) is 6.92 Å². The van der Waals surface area contributed by atoms with Crippen LogP contribution in [0.25, 0.3) is 5.78 Å². The summed E-state index contributed by atoms with van der Waals surface area (Å²) in [6.45, 7) is 1.89. The second-order valence-electron chi connectivity index (χ2n) is 3.98. The summed E-state index contributed by atoms with van der Waals surface area (Å²) in [6, 6.07) is 8.05. The van der Waals surface area contributed by atoms with Crippen LogP contribution >= 0.6 is 34.2 Å². The predicted molar refractivity (Wildman–Crippen MR) is 83.0 cm³/mol. The maximum Gasteiger partial charge on any atom is 0.255 e. The van der Waals surface area contributed by atoms with Crippen LogP contribution in [0.4, 0.5) is 11.5 Å². The largest absolute Gasteiger partial charge is 0.340 e. The molecule has 7 heteroatoms. The van der Waals surface area contributed by atoms with E-state index in [0.717, 1.165) is 17.1 Å². The van der Waals surface area contributed by atoms with Crippen LogP contribution in [-0.2, 0) is 0 Å². The fraction of sp³-hybridized carbons (Fsp3) is 0.0833. The van der Waals surface area contributed by atoms with Gasteiger partial charge in [0.2, 0.25) is 0 Å². The van der Waals surface area contributed by atoms with E-state index in [0.29, 0.717) is 10.9 Å². The Morgan fingerprint density at radius 2 is 2.00 bits per heavy atom. The lowest BCUT2D eigenvalue weighted by Gasteiger charge is -2.11. The van der Waals surface area contributed by atoms with E-state index in [1.807, 2.05) is 31.2 Å². The summed E-state index contributed by atoms with van der Waals surface area (Å²) in [5.74, 6) is 1.25. The zero-order valence-corrected chi connectivity index (χ0v) is 12.8. The third-order valence-corrected chi connectivity index (χ3v) is 3.80. The Labute approximate surface area is 128 Å². The van der Waals surface area contributed by atoms with Crippen LogP contribution in [0.15, 0.2) is 30.6 Å². The van der Waals surface area contributed by atoms with Crippen LogP contribution in [0.5, 0.6) is 0 Å². The maximum atomic E-state index is 6.11. The molecule has 1 N–H and O–H groups in total. The Balaban J connectivity index is 2.11. The van der Waals surface area contributed by atoms with Gasteiger partial charge in [0, 0.05) is 14.8 Å². The van der Waals surface area contributed by atoms with Crippen LogP contribution in [0.1, 0.15) is 5.56 Å². The Hall–Kier alpha value is -1.41. The number of benzene rings is 1. The first-order chi connectivity index (χ1) is 9.15. The lowest BCUT2D eigenvalue weighted by molar-refractivity contribution is 0.936. The van der Waals surface area contributed by atoms with Crippen molar-refractivity contribution >= 4 is 51.5 Å². The number of halogens is 2. The van der Waals surface area contributed by atoms with E-state index in [2.05, 4.69) is 43.0 Å². The van der Waals surface area contributed by atoms with E-state index in [1.165, 1.54) is 9.90 Å². The molecule has 0 radical (unpaired) electrons. The predicted octanol–water partition coefficient (Wildman–Crippen LogP) is 3.43. The van der Waals surface area contributed by atoms with Crippen LogP contribution < -0.4 is 5.32 Å². The van der Waals surface area contributed by atoms with E-state index in [1.54, 1.807) is 4.52 Å². The van der Waals surface area contributed by atoms with Gasteiger partial charge >= 0.3 is 0 Å². The van der Waals surface area contributed by atoms with Crippen molar-refractivity contribution in [1.82, 2.24) is 19.6 Å². The molecule has 0 saturated heterocycles. The van der Waals surface area contributed by atoms with E-state index < -0.39 is 0 Å². The van der Waals surface area contributed by atoms with Gasteiger partial charge < -0.3 is 5.32 Å². The minimum Gasteiger partial charge on any atom is -0.340 e. The fourth-order valence-corrected chi connectivity index (χ4v) is 2.24. The first-order valence-corrected chi connectivity index (χ1v) is 6.99. The molecule has 0 bridgehead atoms. The average Bonchev–Trinajstić information content (AvgIpc) is 2.85. The highest BCUT2D eigenvalue weighted by molar-refractivity contribution is 14.1. The normalized spacial score (nSPS) is 10.9. The van der Waals surface area contributed by atoms with Crippen molar-refractivity contribution in [1.29, 1.82) is 0 Å². The monoisotopic (exact) mass is 385 g/mol. The van der Waals surface area contributed by atoms with E-state index in [9.17, 15) is 0 Å². The number of hydrogen-bond donors (Lipinski definition) is 1. The van der Waals surface area contributed by atoms with Gasteiger partial charge in [0.15, 0.2) is 0 Å². The molecule has 19 heavy (non-hydrogen) atoms. The molecule has 0 amide bonds. The number of anilines is 2. The topological polar surface area (TPSA) is 55.1 Å². The zero-order valence-electron chi connectivity index (χ0n) is 9.93. The lowest BCUT2D eigenvalue weighted by atomic mass is 10.3. The summed E-state index contributed by atoms with van der Waals surface area (Å²) >= 11 is 8.37. The number of rotatable bonds is 2. The van der Waals surface area contributed by atoms with Crippen LogP contribution in [-0.4, -0.2) is 19.6 Å². The molecule has 0 unspecified atom stereocenters. The minimum absolute atomic E-state index is 0.425. The Kier molecular flexibility index (Phi) is 3.28. The van der Waals surface area contributed by atoms with Crippen molar-refractivity contribution in [2.75, 3.05) is 5.32 Å². The number of fused-ring (bicyclic) bond motifs is 1. The summed E-state index contributed by atoms with van der Waals surface area (Å²) in [5.41, 5.74) is 1.79. The molecule has 3 rings (SSSR count). The quantitative estimate of drug-likeness (QED) is 0.542. The Bertz CT molecular complexity index is 738. The second-order valence-corrected chi connectivity index (χ2v) is 5.58. The maximum absolute atomic E-state index is 6.11. The van der Waals surface area contributed by atoms with Gasteiger partial charge in [-0.15, -0.1) is 0 Å². The standard InChI is InChI=1S/C12H9ClIN5/c1-7-10(13)18-12-15-6-16-19(12)11(7)17-9-4-2-8(14)3-5-9/h2-6,17H,1H3. The van der Waals surface area contributed by atoms with Gasteiger partial charge in [0.25, 0.3) is 5.78 Å². The summed E-state index contributed by atoms with van der Waals surface area (Å²) < 4.78 is 2.82. The molecule has 1 aromatic carbocycles. The van der Waals surface area contributed by atoms with Crippen LogP contribution in [0.3, 0.4) is 0 Å². The summed E-state index contributed by atoms with van der Waals surface area (Å²) in [6.07, 6.45) is 1.46. The van der Waals surface area contributed by atoms with Crippen molar-refractivity contribution in [3.8, 4) is 0 Å². The molecule has 0 aliphatic carbocycles. The highest BCUT2D eigenvalue weighted by Crippen LogP contribution is 2.25. The number of aromatic nitrogens is 4. The average molecular weight is 386 g/mol. The molecule has 2 heterocycles. The SMILES string of the molecule is Cc1c(Cl)nc2ncnn2c1Nc1ccc(I)cc1. The molecule has 0 atom stereocenters. The smallest absolute Gasteiger partial charge is 0.255 e. The van der Waals surface area contributed by atoms with Gasteiger partial charge in [-0.25, -0.2) is 0 Å². The number of hydrogen-bond acceptors (Lipinski definition) is 4. The molecule has 0 aliphatic rings. The second kappa shape index (κ2) is 4.93. The van der Waals surface area contributed by atoms with Gasteiger partial charge in [0.1, 0.15) is 17.3 Å². The number of nitrogens with one attached hydrogen (secondary N) is 1. The van der Waals surface area contributed by atoms with Gasteiger partial charge in [-0.05, 0) is 53.8 Å². The van der Waals surface area contributed by atoms with Crippen molar-refractivity contribution in [3.05, 3.63) is 44.9 Å². The minimum atomic E-state index is 0.425. The number of nitrogens with zero attached hydrogens (tertiary/aromatic N) is 4. The zero-order chi connectivity index (χ0) is 13.4. The molecule has 0 aliphatic heterocycles. The Morgan fingerprint density at radius 3 is 2.74 bits per heavy atom. The lowest BCUT2D eigenvalue weighted by Crippen LogP contribution is -2.04. The highest BCUT2D eigenvalue weighted by atomic mass is 127. The van der Waals surface area contributed by atoms with Crippen molar-refractivity contribution in [3.63, 3.8) is 0 Å². The third kappa shape index (κ3) is 2.37. The third-order valence-electron chi connectivity index (χ3n) is 2.71. The van der Waals surface area contributed by atoms with E-state index >= 15 is 0 Å². The van der Waals surface area contributed by atoms with Gasteiger partial charge in [-0.1, -0.05) is 11.6 Å². The van der Waals surface area contributed by atoms with Gasteiger partial charge in [0.05, 0.1) is 0 Å². The first kappa shape index (κ1) is 12.6. The molecular formula is C12H9ClIN5. The molecule has 5 nitrogen and oxygen atoms in total. The first-order valence-electron chi connectivity index (χ1n) is 5.53. The van der Waals surface area contributed by atoms with Crippen molar-refractivity contribution < 1.29 is 0 Å². The van der Waals surface area contributed by atoms with E-state index in [-0.39, 0.29) is 0 Å². The van der Waals surface area contributed by atoms with Crippen LogP contribution in [0, 0.1) is 10.5 Å². The Morgan fingerprint density at radius 1 is 1.26 bits per heavy atom. The van der Waals surface area contributed by atoms with Gasteiger partial charge in [-0.2, -0.15) is 19.6 Å². The molecule has 0 spiro atoms. The highest BCUT2D eigenvalue weighted by Gasteiger charge is 2.12. The molecule has 2 aromatic heterocycles. The summed E-state index contributed by atoms with van der Waals surface area (Å²) in [5, 5.41) is 7.88. The fourth-order valence-electron chi connectivity index (χ4n) is 1.71. The van der Waals surface area contributed by atoms with E-state index in [4.69, 9.17) is 11.6 Å². The summed E-state index contributed by atoms with van der Waals surface area (Å²) in [7, 11) is 0. The van der Waals surface area contributed by atoms with Crippen molar-refractivity contribution in [2.24, 2.45) is 0 Å². The van der Waals surface area contributed by atoms with Crippen LogP contribution in [0.2, 0.25) is 5.15 Å². The molecular weight excluding hydrogens is 377 g/mol. The summed E-state index contributed by atoms with van der Waals surface area (Å²) in [4.78, 5) is 8.22. The molecule has 3 aromatic rings. The molecule has 96 valence electrons. The molecule has 0 saturated carbocycles.